The molecule has 4 nitrogen and oxygen atoms in total. The molecule has 0 spiro atoms. The Kier molecular flexibility index (Phi) is 5.83. The molecule has 0 saturated heterocycles. The summed E-state index contributed by atoms with van der Waals surface area (Å²) in [6, 6.07) is 14.6. The molecule has 0 bridgehead atoms. The molecule has 0 unspecified atom stereocenters. The van der Waals surface area contributed by atoms with Gasteiger partial charge in [-0.1, -0.05) is 51.1 Å². The molecule has 0 atom stereocenters. The molecule has 0 aliphatic carbocycles. The molecule has 0 fully saturated rings. The lowest BCUT2D eigenvalue weighted by Gasteiger charge is -2.27. The highest BCUT2D eigenvalue weighted by Gasteiger charge is 2.28. The van der Waals surface area contributed by atoms with Crippen LogP contribution in [0.25, 0.3) is 0 Å². The van der Waals surface area contributed by atoms with E-state index < -0.39 is 15.6 Å². The summed E-state index contributed by atoms with van der Waals surface area (Å²) < 4.78 is 33.5. The molecule has 26 heavy (non-hydrogen) atoms. The lowest BCUT2D eigenvalue weighted by molar-refractivity contribution is 0.411. The molecule has 0 radical (unpaired) electrons. The first kappa shape index (κ1) is 20.5. The Morgan fingerprint density at radius 2 is 1.58 bits per heavy atom. The van der Waals surface area contributed by atoms with E-state index in [-0.39, 0.29) is 10.3 Å². The maximum absolute atomic E-state index is 12.8. The highest BCUT2D eigenvalue weighted by atomic mass is 32.2. The standard InChI is InChI=1S/C21H29NO3S/c1-20(2,3)15-16-10-12-17(13-11-16)21(4,5)22-26(23,24)19-9-7-8-18(14-19)25-6/h7-14,22H,15H2,1-6H3. The highest BCUT2D eigenvalue weighted by Crippen LogP contribution is 2.27. The fourth-order valence-electron chi connectivity index (χ4n) is 2.87. The highest BCUT2D eigenvalue weighted by molar-refractivity contribution is 7.89. The summed E-state index contributed by atoms with van der Waals surface area (Å²) in [5.41, 5.74) is 1.64. The Hall–Kier alpha value is -1.85. The van der Waals surface area contributed by atoms with Crippen molar-refractivity contribution in [3.8, 4) is 5.75 Å². The first-order chi connectivity index (χ1) is 11.9. The minimum atomic E-state index is -3.67. The Morgan fingerprint density at radius 3 is 2.12 bits per heavy atom. The molecule has 0 heterocycles. The molecule has 0 aliphatic heterocycles. The lowest BCUT2D eigenvalue weighted by Crippen LogP contribution is -2.40. The summed E-state index contributed by atoms with van der Waals surface area (Å²) in [6.45, 7) is 10.3. The van der Waals surface area contributed by atoms with Crippen LogP contribution in [0.1, 0.15) is 45.7 Å². The molecule has 142 valence electrons. The Bertz CT molecular complexity index is 848. The van der Waals surface area contributed by atoms with Crippen LogP contribution in [0.3, 0.4) is 0 Å². The van der Waals surface area contributed by atoms with Gasteiger partial charge in [0.05, 0.1) is 17.5 Å². The smallest absolute Gasteiger partial charge is 0.241 e. The van der Waals surface area contributed by atoms with Crippen LogP contribution in [0.15, 0.2) is 53.4 Å². The Labute approximate surface area is 157 Å². The predicted octanol–water partition coefficient (Wildman–Crippen LogP) is 4.50. The molecule has 0 amide bonds. The van der Waals surface area contributed by atoms with E-state index >= 15 is 0 Å². The van der Waals surface area contributed by atoms with Crippen LogP contribution in [0.5, 0.6) is 5.75 Å². The number of sulfonamides is 1. The predicted molar refractivity (Wildman–Crippen MR) is 106 cm³/mol. The van der Waals surface area contributed by atoms with Crippen molar-refractivity contribution in [2.24, 2.45) is 5.41 Å². The van der Waals surface area contributed by atoms with E-state index in [2.05, 4.69) is 37.6 Å². The van der Waals surface area contributed by atoms with E-state index in [4.69, 9.17) is 4.74 Å². The first-order valence-corrected chi connectivity index (χ1v) is 10.2. The number of benzene rings is 2. The van der Waals surface area contributed by atoms with Crippen LogP contribution in [0, 0.1) is 5.41 Å². The number of ether oxygens (including phenoxy) is 1. The zero-order chi connectivity index (χ0) is 19.6. The van der Waals surface area contributed by atoms with Gasteiger partial charge in [0, 0.05) is 6.07 Å². The van der Waals surface area contributed by atoms with Crippen molar-refractivity contribution >= 4 is 10.0 Å². The van der Waals surface area contributed by atoms with Gasteiger partial charge in [0.2, 0.25) is 10.0 Å². The molecule has 1 N–H and O–H groups in total. The summed E-state index contributed by atoms with van der Waals surface area (Å²) in [7, 11) is -2.15. The summed E-state index contributed by atoms with van der Waals surface area (Å²) in [5, 5.41) is 0. The van der Waals surface area contributed by atoms with Crippen LogP contribution in [0.4, 0.5) is 0 Å². The number of hydrogen-bond donors (Lipinski definition) is 1. The van der Waals surface area contributed by atoms with Crippen molar-refractivity contribution in [2.75, 3.05) is 7.11 Å². The van der Waals surface area contributed by atoms with E-state index in [1.54, 1.807) is 18.2 Å². The average molecular weight is 376 g/mol. The quantitative estimate of drug-likeness (QED) is 0.809. The molecule has 2 aromatic carbocycles. The monoisotopic (exact) mass is 375 g/mol. The van der Waals surface area contributed by atoms with Gasteiger partial charge < -0.3 is 4.74 Å². The van der Waals surface area contributed by atoms with E-state index in [0.717, 1.165) is 12.0 Å². The third-order valence-corrected chi connectivity index (χ3v) is 5.80. The largest absolute Gasteiger partial charge is 0.497 e. The number of methoxy groups -OCH3 is 1. The first-order valence-electron chi connectivity index (χ1n) is 8.70. The maximum atomic E-state index is 12.8. The normalized spacial score (nSPS) is 12.8. The second-order valence-corrected chi connectivity index (χ2v) is 10.0. The summed E-state index contributed by atoms with van der Waals surface area (Å²) in [6.07, 6.45) is 0.975. The average Bonchev–Trinajstić information content (AvgIpc) is 2.53. The van der Waals surface area contributed by atoms with Gasteiger partial charge in [-0.3, -0.25) is 0 Å². The van der Waals surface area contributed by atoms with Crippen LogP contribution in [-0.2, 0) is 22.0 Å². The minimum Gasteiger partial charge on any atom is -0.497 e. The Morgan fingerprint density at radius 1 is 0.962 bits per heavy atom. The van der Waals surface area contributed by atoms with Gasteiger partial charge in [-0.25, -0.2) is 13.1 Å². The van der Waals surface area contributed by atoms with Gasteiger partial charge in [0.25, 0.3) is 0 Å². The SMILES string of the molecule is COc1cccc(S(=O)(=O)NC(C)(C)c2ccc(CC(C)(C)C)cc2)c1. The van der Waals surface area contributed by atoms with E-state index in [9.17, 15) is 8.42 Å². The second-order valence-electron chi connectivity index (χ2n) is 8.34. The number of hydrogen-bond acceptors (Lipinski definition) is 3. The fraction of sp³-hybridized carbons (Fsp3) is 0.429. The van der Waals surface area contributed by atoms with Gasteiger partial charge in [0.1, 0.15) is 5.75 Å². The number of nitrogens with one attached hydrogen (secondary N) is 1. The van der Waals surface area contributed by atoms with E-state index in [1.165, 1.54) is 18.7 Å². The van der Waals surface area contributed by atoms with Gasteiger partial charge in [-0.05, 0) is 48.9 Å². The minimum absolute atomic E-state index is 0.189. The third kappa shape index (κ3) is 5.32. The molecular formula is C21H29NO3S. The summed E-state index contributed by atoms with van der Waals surface area (Å²) in [4.78, 5) is 0.189. The maximum Gasteiger partial charge on any atom is 0.241 e. The van der Waals surface area contributed by atoms with Crippen molar-refractivity contribution in [2.45, 2.75) is 51.5 Å². The van der Waals surface area contributed by atoms with Crippen molar-refractivity contribution < 1.29 is 13.2 Å². The van der Waals surface area contributed by atoms with Crippen molar-refractivity contribution in [3.63, 3.8) is 0 Å². The number of rotatable bonds is 6. The fourth-order valence-corrected chi connectivity index (χ4v) is 4.31. The molecule has 2 rings (SSSR count). The molecule has 5 heteroatoms. The van der Waals surface area contributed by atoms with Gasteiger partial charge in [-0.15, -0.1) is 0 Å². The van der Waals surface area contributed by atoms with Crippen molar-refractivity contribution in [1.29, 1.82) is 0 Å². The molecular weight excluding hydrogens is 346 g/mol. The molecule has 2 aromatic rings. The second kappa shape index (κ2) is 7.41. The van der Waals surface area contributed by atoms with E-state index in [0.29, 0.717) is 5.75 Å². The van der Waals surface area contributed by atoms with E-state index in [1.807, 2.05) is 26.0 Å². The van der Waals surface area contributed by atoms with Crippen molar-refractivity contribution in [3.05, 3.63) is 59.7 Å². The molecule has 0 saturated carbocycles. The topological polar surface area (TPSA) is 55.4 Å². The summed E-state index contributed by atoms with van der Waals surface area (Å²) >= 11 is 0. The van der Waals surface area contributed by atoms with Crippen LogP contribution < -0.4 is 9.46 Å². The van der Waals surface area contributed by atoms with Gasteiger partial charge in [0.15, 0.2) is 0 Å². The Balaban J connectivity index is 2.23. The van der Waals surface area contributed by atoms with Gasteiger partial charge >= 0.3 is 0 Å². The summed E-state index contributed by atoms with van der Waals surface area (Å²) in [5.74, 6) is 0.511. The third-order valence-electron chi connectivity index (χ3n) is 4.15. The van der Waals surface area contributed by atoms with Crippen molar-refractivity contribution in [1.82, 2.24) is 4.72 Å². The molecule has 0 aliphatic rings. The van der Waals surface area contributed by atoms with Crippen LogP contribution in [-0.4, -0.2) is 15.5 Å². The van der Waals surface area contributed by atoms with Crippen LogP contribution in [0.2, 0.25) is 0 Å². The zero-order valence-corrected chi connectivity index (χ0v) is 17.3. The lowest BCUT2D eigenvalue weighted by atomic mass is 9.87. The molecule has 0 aromatic heterocycles. The zero-order valence-electron chi connectivity index (χ0n) is 16.5. The van der Waals surface area contributed by atoms with Crippen LogP contribution >= 0.6 is 0 Å². The van der Waals surface area contributed by atoms with Gasteiger partial charge in [-0.2, -0.15) is 0 Å².